The van der Waals surface area contributed by atoms with Crippen molar-refractivity contribution in [2.24, 2.45) is 0 Å². The number of epoxide rings is 1. The van der Waals surface area contributed by atoms with Crippen LogP contribution in [0, 0.1) is 0 Å². The van der Waals surface area contributed by atoms with Crippen LogP contribution in [0.2, 0.25) is 18.1 Å². The minimum atomic E-state index is -3.87. The quantitative estimate of drug-likeness (QED) is 0.543. The highest BCUT2D eigenvalue weighted by Gasteiger charge is 2.76. The van der Waals surface area contributed by atoms with E-state index in [1.807, 2.05) is 0 Å². The number of hydrogen-bond donors (Lipinski definition) is 1. The molecular formula is C21H34O5SSi. The Bertz CT molecular complexity index is 794. The van der Waals surface area contributed by atoms with Gasteiger partial charge in [0.25, 0.3) is 0 Å². The molecule has 3 rings (SSSR count). The Labute approximate surface area is 170 Å². The van der Waals surface area contributed by atoms with E-state index >= 15 is 0 Å². The predicted molar refractivity (Wildman–Crippen MR) is 112 cm³/mol. The highest BCUT2D eigenvalue weighted by Crippen LogP contribution is 2.57. The molecule has 2 atom stereocenters. The van der Waals surface area contributed by atoms with Gasteiger partial charge in [-0.15, -0.1) is 0 Å². The fourth-order valence-electron chi connectivity index (χ4n) is 3.98. The van der Waals surface area contributed by atoms with E-state index in [4.69, 9.17) is 9.16 Å². The van der Waals surface area contributed by atoms with Crippen molar-refractivity contribution < 1.29 is 22.7 Å². The van der Waals surface area contributed by atoms with E-state index in [1.54, 1.807) is 30.3 Å². The summed E-state index contributed by atoms with van der Waals surface area (Å²) in [5.74, 6) is 0. The third kappa shape index (κ3) is 3.49. The molecule has 0 spiro atoms. The van der Waals surface area contributed by atoms with Crippen molar-refractivity contribution in [1.82, 2.24) is 0 Å². The van der Waals surface area contributed by atoms with Gasteiger partial charge in [-0.3, -0.25) is 0 Å². The van der Waals surface area contributed by atoms with E-state index in [0.29, 0.717) is 12.8 Å². The van der Waals surface area contributed by atoms with Gasteiger partial charge in [-0.1, -0.05) is 58.2 Å². The van der Waals surface area contributed by atoms with E-state index in [2.05, 4.69) is 33.9 Å². The Kier molecular flexibility index (Phi) is 5.65. The van der Waals surface area contributed by atoms with Crippen molar-refractivity contribution in [3.05, 3.63) is 30.3 Å². The molecule has 0 amide bonds. The van der Waals surface area contributed by atoms with Crippen LogP contribution in [-0.4, -0.2) is 45.1 Å². The van der Waals surface area contributed by atoms with E-state index in [9.17, 15) is 13.5 Å². The number of sulfone groups is 1. The summed E-state index contributed by atoms with van der Waals surface area (Å²) in [5.41, 5.74) is -1.37. The summed E-state index contributed by atoms with van der Waals surface area (Å²) < 4.78 is 39.5. The Morgan fingerprint density at radius 3 is 2.25 bits per heavy atom. The van der Waals surface area contributed by atoms with Gasteiger partial charge < -0.3 is 14.3 Å². The third-order valence-electron chi connectivity index (χ3n) is 6.87. The normalized spacial score (nSPS) is 28.1. The molecule has 1 saturated carbocycles. The van der Waals surface area contributed by atoms with Crippen LogP contribution in [0.15, 0.2) is 35.2 Å². The van der Waals surface area contributed by atoms with Crippen LogP contribution >= 0.6 is 0 Å². The summed E-state index contributed by atoms with van der Waals surface area (Å²) in [6, 6.07) is 8.35. The van der Waals surface area contributed by atoms with E-state index in [1.165, 1.54) is 0 Å². The van der Waals surface area contributed by atoms with Crippen LogP contribution < -0.4 is 0 Å². The number of rotatable bonds is 6. The van der Waals surface area contributed by atoms with E-state index in [-0.39, 0.29) is 16.5 Å². The van der Waals surface area contributed by atoms with Gasteiger partial charge in [-0.25, -0.2) is 8.42 Å². The molecule has 0 bridgehead atoms. The van der Waals surface area contributed by atoms with Crippen molar-refractivity contribution in [3.63, 3.8) is 0 Å². The highest BCUT2D eigenvalue weighted by atomic mass is 32.2. The molecule has 0 unspecified atom stereocenters. The van der Waals surface area contributed by atoms with Crippen LogP contribution in [-0.2, 0) is 19.0 Å². The maximum absolute atomic E-state index is 13.6. The summed E-state index contributed by atoms with van der Waals surface area (Å²) >= 11 is 0. The molecule has 2 aliphatic rings. The highest BCUT2D eigenvalue weighted by molar-refractivity contribution is 7.93. The molecule has 0 radical (unpaired) electrons. The lowest BCUT2D eigenvalue weighted by molar-refractivity contribution is -0.0358. The first kappa shape index (κ1) is 22.0. The minimum Gasteiger partial charge on any atom is -0.414 e. The lowest BCUT2D eigenvalue weighted by Gasteiger charge is -2.38. The Balaban J connectivity index is 1.93. The molecule has 1 aliphatic carbocycles. The number of ether oxygens (including phenoxy) is 1. The summed E-state index contributed by atoms with van der Waals surface area (Å²) in [5, 5.41) is 11.5. The van der Waals surface area contributed by atoms with Gasteiger partial charge >= 0.3 is 0 Å². The van der Waals surface area contributed by atoms with Gasteiger partial charge in [0.1, 0.15) is 11.7 Å². The molecule has 1 heterocycles. The second kappa shape index (κ2) is 7.20. The maximum Gasteiger partial charge on any atom is 0.230 e. The van der Waals surface area contributed by atoms with Gasteiger partial charge in [-0.05, 0) is 43.1 Å². The van der Waals surface area contributed by atoms with Crippen molar-refractivity contribution in [3.8, 4) is 0 Å². The number of benzene rings is 1. The molecule has 2 fully saturated rings. The largest absolute Gasteiger partial charge is 0.414 e. The zero-order chi connectivity index (χ0) is 20.8. The predicted octanol–water partition coefficient (Wildman–Crippen LogP) is 4.27. The molecule has 5 nitrogen and oxygen atoms in total. The summed E-state index contributed by atoms with van der Waals surface area (Å²) in [6.45, 7) is 10.9. The Hall–Kier alpha value is -0.733. The summed E-state index contributed by atoms with van der Waals surface area (Å²) in [6.07, 6.45) is 2.86. The van der Waals surface area contributed by atoms with E-state index < -0.39 is 34.8 Å². The number of hydrogen-bond acceptors (Lipinski definition) is 5. The van der Waals surface area contributed by atoms with Crippen molar-refractivity contribution in [2.75, 3.05) is 6.61 Å². The molecule has 0 aromatic heterocycles. The lowest BCUT2D eigenvalue weighted by Crippen LogP contribution is -2.54. The molecule has 158 valence electrons. The molecule has 1 N–H and O–H groups in total. The molecule has 7 heteroatoms. The van der Waals surface area contributed by atoms with Crippen LogP contribution in [0.3, 0.4) is 0 Å². The molecule has 1 aliphatic heterocycles. The summed E-state index contributed by atoms with van der Waals surface area (Å²) in [7, 11) is -5.93. The average molecular weight is 427 g/mol. The first-order valence-corrected chi connectivity index (χ1v) is 14.6. The van der Waals surface area contributed by atoms with Gasteiger partial charge in [0.15, 0.2) is 8.32 Å². The average Bonchev–Trinajstić information content (AvgIpc) is 3.38. The zero-order valence-electron chi connectivity index (χ0n) is 17.7. The molecular weight excluding hydrogens is 392 g/mol. The van der Waals surface area contributed by atoms with Gasteiger partial charge in [0, 0.05) is 0 Å². The Morgan fingerprint density at radius 1 is 1.14 bits per heavy atom. The summed E-state index contributed by atoms with van der Waals surface area (Å²) in [4.78, 5) is -1.41. The fraction of sp³-hybridized carbons (Fsp3) is 0.714. The van der Waals surface area contributed by atoms with Crippen LogP contribution in [0.5, 0.6) is 0 Å². The fourth-order valence-corrected chi connectivity index (χ4v) is 7.21. The van der Waals surface area contributed by atoms with Crippen molar-refractivity contribution >= 4 is 18.2 Å². The molecule has 1 aromatic carbocycles. The maximum atomic E-state index is 13.6. The van der Waals surface area contributed by atoms with Crippen LogP contribution in [0.1, 0.15) is 52.9 Å². The second-order valence-corrected chi connectivity index (χ2v) is 16.6. The smallest absolute Gasteiger partial charge is 0.230 e. The third-order valence-corrected chi connectivity index (χ3v) is 13.8. The first-order valence-electron chi connectivity index (χ1n) is 10.2. The van der Waals surface area contributed by atoms with E-state index in [0.717, 1.165) is 19.3 Å². The Morgan fingerprint density at radius 2 is 1.71 bits per heavy atom. The first-order chi connectivity index (χ1) is 12.9. The van der Waals surface area contributed by atoms with Gasteiger partial charge in [0.05, 0.1) is 11.5 Å². The van der Waals surface area contributed by atoms with Crippen molar-refractivity contribution in [2.45, 2.75) is 92.5 Å². The SMILES string of the molecule is CC(C)(C)[Si](C)(C)OC[C@H]1O[C@]1(C1(O)CCCCC1)S(=O)(=O)c1ccccc1. The lowest BCUT2D eigenvalue weighted by atomic mass is 9.81. The van der Waals surface area contributed by atoms with Gasteiger partial charge in [0.2, 0.25) is 14.8 Å². The molecule has 1 saturated heterocycles. The van der Waals surface area contributed by atoms with Gasteiger partial charge in [-0.2, -0.15) is 0 Å². The van der Waals surface area contributed by atoms with Crippen LogP contribution in [0.4, 0.5) is 0 Å². The van der Waals surface area contributed by atoms with Crippen LogP contribution in [0.25, 0.3) is 0 Å². The van der Waals surface area contributed by atoms with Crippen molar-refractivity contribution in [1.29, 1.82) is 0 Å². The molecule has 28 heavy (non-hydrogen) atoms. The standard InChI is InChI=1S/C21H34O5SSi/c1-19(2,3)28(4,5)25-16-18-21(26-18,20(22)14-10-7-11-15-20)27(23,24)17-12-8-6-9-13-17/h6,8-9,12-13,18,22H,7,10-11,14-16H2,1-5H3/t18-,21+/m1/s1. The molecule has 1 aromatic rings. The number of aliphatic hydroxyl groups is 1. The zero-order valence-corrected chi connectivity index (χ0v) is 19.5. The second-order valence-electron chi connectivity index (χ2n) is 9.75. The minimum absolute atomic E-state index is 0.0184. The topological polar surface area (TPSA) is 76.1 Å². The monoisotopic (exact) mass is 426 g/mol.